The SMILES string of the molecule is Cc1cc(C)n(-c2ccccc2N=O)n1. The predicted octanol–water partition coefficient (Wildman–Crippen LogP) is 2.89. The van der Waals surface area contributed by atoms with Crippen molar-refractivity contribution in [3.8, 4) is 5.69 Å². The van der Waals surface area contributed by atoms with Gasteiger partial charge in [0.2, 0.25) is 0 Å². The Hall–Kier alpha value is -1.97. The summed E-state index contributed by atoms with van der Waals surface area (Å²) in [5.74, 6) is 0. The van der Waals surface area contributed by atoms with E-state index in [1.54, 1.807) is 16.8 Å². The van der Waals surface area contributed by atoms with Crippen LogP contribution in [0.2, 0.25) is 0 Å². The topological polar surface area (TPSA) is 47.2 Å². The first kappa shape index (κ1) is 9.58. The monoisotopic (exact) mass is 201 g/mol. The minimum Gasteiger partial charge on any atom is -0.236 e. The first-order valence-corrected chi connectivity index (χ1v) is 4.68. The third-order valence-corrected chi connectivity index (χ3v) is 2.22. The molecule has 4 heteroatoms. The molecule has 0 spiro atoms. The fourth-order valence-corrected chi connectivity index (χ4v) is 1.59. The van der Waals surface area contributed by atoms with Crippen LogP contribution in [0.25, 0.3) is 5.69 Å². The van der Waals surface area contributed by atoms with E-state index in [4.69, 9.17) is 0 Å². The molecule has 1 heterocycles. The van der Waals surface area contributed by atoms with E-state index in [2.05, 4.69) is 10.3 Å². The Morgan fingerprint density at radius 1 is 1.27 bits per heavy atom. The van der Waals surface area contributed by atoms with Gasteiger partial charge in [0.15, 0.2) is 0 Å². The Morgan fingerprint density at radius 2 is 2.00 bits per heavy atom. The van der Waals surface area contributed by atoms with Crippen molar-refractivity contribution in [2.75, 3.05) is 0 Å². The molecule has 2 aromatic rings. The molecule has 0 bridgehead atoms. The lowest BCUT2D eigenvalue weighted by Gasteiger charge is -2.05. The molecule has 0 aliphatic heterocycles. The molecule has 0 fully saturated rings. The van der Waals surface area contributed by atoms with Crippen LogP contribution >= 0.6 is 0 Å². The van der Waals surface area contributed by atoms with Gasteiger partial charge in [-0.1, -0.05) is 12.1 Å². The van der Waals surface area contributed by atoms with Gasteiger partial charge in [-0.05, 0) is 37.2 Å². The smallest absolute Gasteiger partial charge is 0.133 e. The molecular formula is C11H11N3O. The summed E-state index contributed by atoms with van der Waals surface area (Å²) in [4.78, 5) is 10.6. The van der Waals surface area contributed by atoms with E-state index < -0.39 is 0 Å². The van der Waals surface area contributed by atoms with E-state index >= 15 is 0 Å². The number of nitroso groups, excluding NO2 is 1. The molecule has 0 aliphatic rings. The number of para-hydroxylation sites is 1. The van der Waals surface area contributed by atoms with Gasteiger partial charge in [0.1, 0.15) is 5.69 Å². The van der Waals surface area contributed by atoms with Crippen LogP contribution in [0.15, 0.2) is 35.5 Å². The van der Waals surface area contributed by atoms with Gasteiger partial charge in [0, 0.05) is 5.69 Å². The van der Waals surface area contributed by atoms with Crippen molar-refractivity contribution in [1.29, 1.82) is 0 Å². The molecule has 15 heavy (non-hydrogen) atoms. The summed E-state index contributed by atoms with van der Waals surface area (Å²) in [6, 6.07) is 9.11. The third kappa shape index (κ3) is 1.66. The molecule has 2 rings (SSSR count). The molecule has 0 atom stereocenters. The quantitative estimate of drug-likeness (QED) is 0.701. The molecule has 0 aliphatic carbocycles. The molecule has 1 aromatic heterocycles. The summed E-state index contributed by atoms with van der Waals surface area (Å²) in [5, 5.41) is 7.29. The number of rotatable bonds is 2. The van der Waals surface area contributed by atoms with Crippen LogP contribution in [0.5, 0.6) is 0 Å². The Bertz CT molecular complexity index is 502. The Morgan fingerprint density at radius 3 is 2.60 bits per heavy atom. The highest BCUT2D eigenvalue weighted by molar-refractivity contribution is 5.56. The highest BCUT2D eigenvalue weighted by Crippen LogP contribution is 2.23. The largest absolute Gasteiger partial charge is 0.236 e. The van der Waals surface area contributed by atoms with Crippen molar-refractivity contribution in [2.24, 2.45) is 5.18 Å². The Labute approximate surface area is 87.5 Å². The van der Waals surface area contributed by atoms with Gasteiger partial charge in [0.25, 0.3) is 0 Å². The van der Waals surface area contributed by atoms with Crippen LogP contribution in [0.3, 0.4) is 0 Å². The molecule has 4 nitrogen and oxygen atoms in total. The molecule has 76 valence electrons. The van der Waals surface area contributed by atoms with Gasteiger partial charge in [-0.3, -0.25) is 0 Å². The van der Waals surface area contributed by atoms with Crippen molar-refractivity contribution in [2.45, 2.75) is 13.8 Å². The predicted molar refractivity (Wildman–Crippen MR) is 58.5 cm³/mol. The number of benzene rings is 1. The number of hydrogen-bond donors (Lipinski definition) is 0. The van der Waals surface area contributed by atoms with Crippen LogP contribution in [0, 0.1) is 18.8 Å². The number of nitrogens with zero attached hydrogens (tertiary/aromatic N) is 3. The van der Waals surface area contributed by atoms with E-state index in [-0.39, 0.29) is 0 Å². The first-order valence-electron chi connectivity index (χ1n) is 4.68. The lowest BCUT2D eigenvalue weighted by Crippen LogP contribution is -1.98. The van der Waals surface area contributed by atoms with Crippen molar-refractivity contribution < 1.29 is 0 Å². The summed E-state index contributed by atoms with van der Waals surface area (Å²) in [7, 11) is 0. The van der Waals surface area contributed by atoms with Crippen molar-refractivity contribution in [1.82, 2.24) is 9.78 Å². The van der Waals surface area contributed by atoms with Crippen LogP contribution in [0.4, 0.5) is 5.69 Å². The van der Waals surface area contributed by atoms with Crippen molar-refractivity contribution in [3.63, 3.8) is 0 Å². The minimum absolute atomic E-state index is 0.406. The van der Waals surface area contributed by atoms with Gasteiger partial charge in [0.05, 0.1) is 11.4 Å². The van der Waals surface area contributed by atoms with Gasteiger partial charge < -0.3 is 0 Å². The zero-order valence-corrected chi connectivity index (χ0v) is 8.64. The van der Waals surface area contributed by atoms with E-state index in [9.17, 15) is 4.91 Å². The standard InChI is InChI=1S/C11H11N3O/c1-8-7-9(2)14(12-8)11-6-4-3-5-10(11)13-15/h3-7H,1-2H3. The van der Waals surface area contributed by atoms with Gasteiger partial charge in [-0.2, -0.15) is 5.10 Å². The summed E-state index contributed by atoms with van der Waals surface area (Å²) >= 11 is 0. The molecule has 0 unspecified atom stereocenters. The molecule has 0 radical (unpaired) electrons. The highest BCUT2D eigenvalue weighted by Gasteiger charge is 2.08. The number of aromatic nitrogens is 2. The van der Waals surface area contributed by atoms with E-state index in [1.165, 1.54) is 0 Å². The Balaban J connectivity index is 2.63. The molecular weight excluding hydrogens is 190 g/mol. The fourth-order valence-electron chi connectivity index (χ4n) is 1.59. The average Bonchev–Trinajstić information content (AvgIpc) is 2.57. The number of hydrogen-bond acceptors (Lipinski definition) is 3. The maximum Gasteiger partial charge on any atom is 0.133 e. The minimum atomic E-state index is 0.406. The van der Waals surface area contributed by atoms with Crippen LogP contribution < -0.4 is 0 Å². The van der Waals surface area contributed by atoms with Crippen LogP contribution in [-0.2, 0) is 0 Å². The molecule has 0 saturated carbocycles. The fraction of sp³-hybridized carbons (Fsp3) is 0.182. The second-order valence-electron chi connectivity index (χ2n) is 3.42. The van der Waals surface area contributed by atoms with E-state index in [1.807, 2.05) is 32.0 Å². The van der Waals surface area contributed by atoms with Crippen LogP contribution in [-0.4, -0.2) is 9.78 Å². The van der Waals surface area contributed by atoms with Gasteiger partial charge >= 0.3 is 0 Å². The molecule has 0 amide bonds. The first-order chi connectivity index (χ1) is 7.22. The maximum absolute atomic E-state index is 10.6. The normalized spacial score (nSPS) is 10.3. The zero-order valence-electron chi connectivity index (χ0n) is 8.64. The van der Waals surface area contributed by atoms with Crippen molar-refractivity contribution in [3.05, 3.63) is 46.6 Å². The summed E-state index contributed by atoms with van der Waals surface area (Å²) in [6.07, 6.45) is 0. The van der Waals surface area contributed by atoms with Gasteiger partial charge in [-0.25, -0.2) is 4.68 Å². The van der Waals surface area contributed by atoms with Crippen LogP contribution in [0.1, 0.15) is 11.4 Å². The zero-order chi connectivity index (χ0) is 10.8. The molecule has 0 saturated heterocycles. The average molecular weight is 201 g/mol. The van der Waals surface area contributed by atoms with E-state index in [0.29, 0.717) is 5.69 Å². The number of aryl methyl sites for hydroxylation is 2. The third-order valence-electron chi connectivity index (χ3n) is 2.22. The second kappa shape index (κ2) is 3.65. The molecule has 0 N–H and O–H groups in total. The molecule has 1 aromatic carbocycles. The summed E-state index contributed by atoms with van der Waals surface area (Å²) in [6.45, 7) is 3.86. The van der Waals surface area contributed by atoms with E-state index in [0.717, 1.165) is 17.1 Å². The highest BCUT2D eigenvalue weighted by atomic mass is 16.3. The lowest BCUT2D eigenvalue weighted by atomic mass is 10.2. The van der Waals surface area contributed by atoms with Crippen molar-refractivity contribution >= 4 is 5.69 Å². The summed E-state index contributed by atoms with van der Waals surface area (Å²) in [5.41, 5.74) is 3.04. The summed E-state index contributed by atoms with van der Waals surface area (Å²) < 4.78 is 1.73. The van der Waals surface area contributed by atoms with Gasteiger partial charge in [-0.15, -0.1) is 4.91 Å². The Kier molecular flexibility index (Phi) is 2.33. The second-order valence-corrected chi connectivity index (χ2v) is 3.42. The lowest BCUT2D eigenvalue weighted by molar-refractivity contribution is 0.834. The maximum atomic E-state index is 10.6.